The number of anilines is 2. The predicted octanol–water partition coefficient (Wildman–Crippen LogP) is 4.07. The van der Waals surface area contributed by atoms with Crippen LogP contribution in [0, 0.1) is 10.1 Å². The minimum atomic E-state index is -0.414. The van der Waals surface area contributed by atoms with Gasteiger partial charge in [0.1, 0.15) is 5.69 Å². The summed E-state index contributed by atoms with van der Waals surface area (Å²) in [4.78, 5) is 22.2. The van der Waals surface area contributed by atoms with Gasteiger partial charge in [-0.2, -0.15) is 5.10 Å². The van der Waals surface area contributed by atoms with Gasteiger partial charge in [-0.05, 0) is 42.3 Å². The molecule has 0 aliphatic carbocycles. The van der Waals surface area contributed by atoms with Gasteiger partial charge in [-0.3, -0.25) is 19.7 Å². The molecule has 0 unspecified atom stereocenters. The zero-order valence-corrected chi connectivity index (χ0v) is 20.0. The Morgan fingerprint density at radius 2 is 1.92 bits per heavy atom. The summed E-state index contributed by atoms with van der Waals surface area (Å²) in [5.74, 6) is 0.483. The zero-order chi connectivity index (χ0) is 24.9. The van der Waals surface area contributed by atoms with Crippen molar-refractivity contribution >= 4 is 17.3 Å². The molecular formula is C26H27N7O3. The minimum Gasteiger partial charge on any atom is -0.379 e. The zero-order valence-electron chi connectivity index (χ0n) is 20.0. The molecule has 2 aromatic heterocycles. The molecule has 0 spiro atoms. The standard InChI is InChI=1S/C26H27N7O3/c1-31-18-23(25(30-31)20-5-7-22(8-6-20)33(34)35)24-9-11-27-26(29-24)28-21-4-2-3-19(17-21)10-12-32-13-15-36-16-14-32/h2-9,11,17-18H,10,12-16H2,1H3,(H,27,28,29). The van der Waals surface area contributed by atoms with E-state index in [-0.39, 0.29) is 5.69 Å². The number of ether oxygens (including phenoxy) is 1. The summed E-state index contributed by atoms with van der Waals surface area (Å²) >= 11 is 0. The van der Waals surface area contributed by atoms with E-state index in [1.807, 2.05) is 31.4 Å². The third kappa shape index (κ3) is 5.56. The third-order valence-electron chi connectivity index (χ3n) is 6.12. The Labute approximate surface area is 208 Å². The van der Waals surface area contributed by atoms with E-state index in [4.69, 9.17) is 9.72 Å². The lowest BCUT2D eigenvalue weighted by molar-refractivity contribution is -0.384. The Morgan fingerprint density at radius 3 is 2.69 bits per heavy atom. The van der Waals surface area contributed by atoms with Crippen LogP contribution in [0.3, 0.4) is 0 Å². The number of benzene rings is 2. The first-order valence-corrected chi connectivity index (χ1v) is 11.8. The average molecular weight is 486 g/mol. The molecule has 1 aliphatic rings. The number of aromatic nitrogens is 4. The summed E-state index contributed by atoms with van der Waals surface area (Å²) in [7, 11) is 1.83. The molecule has 0 radical (unpaired) electrons. The molecule has 10 heteroatoms. The van der Waals surface area contributed by atoms with Gasteiger partial charge >= 0.3 is 0 Å². The van der Waals surface area contributed by atoms with Crippen LogP contribution in [0.5, 0.6) is 0 Å². The lowest BCUT2D eigenvalue weighted by Crippen LogP contribution is -2.37. The van der Waals surface area contributed by atoms with Crippen LogP contribution in [0.1, 0.15) is 5.56 Å². The number of hydrogen-bond acceptors (Lipinski definition) is 8. The van der Waals surface area contributed by atoms with Gasteiger partial charge in [-0.25, -0.2) is 9.97 Å². The van der Waals surface area contributed by atoms with Gasteiger partial charge in [-0.1, -0.05) is 12.1 Å². The third-order valence-corrected chi connectivity index (χ3v) is 6.12. The topological polar surface area (TPSA) is 111 Å². The summed E-state index contributed by atoms with van der Waals surface area (Å²) in [6.45, 7) is 4.57. The molecule has 36 heavy (non-hydrogen) atoms. The number of rotatable bonds is 8. The van der Waals surface area contributed by atoms with Crippen LogP contribution in [-0.2, 0) is 18.2 Å². The van der Waals surface area contributed by atoms with Crippen molar-refractivity contribution in [3.05, 3.63) is 82.7 Å². The molecule has 0 amide bonds. The van der Waals surface area contributed by atoms with Crippen LogP contribution < -0.4 is 5.32 Å². The van der Waals surface area contributed by atoms with Crippen molar-refractivity contribution in [1.82, 2.24) is 24.6 Å². The molecule has 3 heterocycles. The number of aryl methyl sites for hydroxylation is 1. The second kappa shape index (κ2) is 10.6. The molecule has 4 aromatic rings. The Morgan fingerprint density at radius 1 is 1.11 bits per heavy atom. The van der Waals surface area contributed by atoms with Crippen LogP contribution in [0.4, 0.5) is 17.3 Å². The molecule has 1 fully saturated rings. The van der Waals surface area contributed by atoms with Gasteiger partial charge in [0.05, 0.1) is 23.8 Å². The number of nitro benzene ring substituents is 1. The van der Waals surface area contributed by atoms with E-state index in [9.17, 15) is 10.1 Å². The Hall–Kier alpha value is -4.15. The molecule has 184 valence electrons. The van der Waals surface area contributed by atoms with Crippen molar-refractivity contribution in [2.24, 2.45) is 7.05 Å². The lowest BCUT2D eigenvalue weighted by Gasteiger charge is -2.26. The highest BCUT2D eigenvalue weighted by Crippen LogP contribution is 2.31. The van der Waals surface area contributed by atoms with Gasteiger partial charge < -0.3 is 10.1 Å². The van der Waals surface area contributed by atoms with Gasteiger partial charge in [0.15, 0.2) is 0 Å². The highest BCUT2D eigenvalue weighted by molar-refractivity contribution is 5.79. The van der Waals surface area contributed by atoms with Crippen molar-refractivity contribution < 1.29 is 9.66 Å². The van der Waals surface area contributed by atoms with Crippen LogP contribution in [-0.4, -0.2) is 62.4 Å². The van der Waals surface area contributed by atoms with E-state index >= 15 is 0 Å². The van der Waals surface area contributed by atoms with Gasteiger partial charge in [0, 0.05) is 68.0 Å². The van der Waals surface area contributed by atoms with Crippen molar-refractivity contribution in [3.8, 4) is 22.5 Å². The first-order chi connectivity index (χ1) is 17.5. The van der Waals surface area contributed by atoms with Gasteiger partial charge in [-0.15, -0.1) is 0 Å². The fraction of sp³-hybridized carbons (Fsp3) is 0.269. The van der Waals surface area contributed by atoms with E-state index in [1.165, 1.54) is 17.7 Å². The Kier molecular flexibility index (Phi) is 6.96. The Bertz CT molecular complexity index is 1350. The van der Waals surface area contributed by atoms with E-state index in [1.54, 1.807) is 23.0 Å². The molecule has 2 aromatic carbocycles. The van der Waals surface area contributed by atoms with E-state index in [0.717, 1.165) is 56.1 Å². The quantitative estimate of drug-likeness (QED) is 0.294. The van der Waals surface area contributed by atoms with E-state index in [0.29, 0.717) is 17.3 Å². The summed E-state index contributed by atoms with van der Waals surface area (Å²) in [6, 6.07) is 16.5. The highest BCUT2D eigenvalue weighted by atomic mass is 16.6. The second-order valence-corrected chi connectivity index (χ2v) is 8.66. The lowest BCUT2D eigenvalue weighted by atomic mass is 10.1. The van der Waals surface area contributed by atoms with E-state index in [2.05, 4.69) is 32.4 Å². The fourth-order valence-corrected chi connectivity index (χ4v) is 4.24. The maximum Gasteiger partial charge on any atom is 0.269 e. The highest BCUT2D eigenvalue weighted by Gasteiger charge is 2.16. The molecule has 1 N–H and O–H groups in total. The number of morpholine rings is 1. The minimum absolute atomic E-state index is 0.0388. The average Bonchev–Trinajstić information content (AvgIpc) is 3.30. The predicted molar refractivity (Wildman–Crippen MR) is 137 cm³/mol. The molecule has 0 atom stereocenters. The SMILES string of the molecule is Cn1cc(-c2ccnc(Nc3cccc(CCN4CCOCC4)c3)n2)c(-c2ccc([N+](=O)[O-])cc2)n1. The maximum atomic E-state index is 11.0. The molecule has 0 saturated carbocycles. The van der Waals surface area contributed by atoms with Gasteiger partial charge in [0.2, 0.25) is 5.95 Å². The number of hydrogen-bond donors (Lipinski definition) is 1. The molecule has 1 aliphatic heterocycles. The summed E-state index contributed by atoms with van der Waals surface area (Å²) in [5.41, 5.74) is 5.20. The monoisotopic (exact) mass is 485 g/mol. The smallest absolute Gasteiger partial charge is 0.269 e. The van der Waals surface area contributed by atoms with Crippen molar-refractivity contribution in [2.45, 2.75) is 6.42 Å². The van der Waals surface area contributed by atoms with Gasteiger partial charge in [0.25, 0.3) is 5.69 Å². The number of nitrogens with one attached hydrogen (secondary N) is 1. The summed E-state index contributed by atoms with van der Waals surface area (Å²) < 4.78 is 7.14. The largest absolute Gasteiger partial charge is 0.379 e. The molecule has 10 nitrogen and oxygen atoms in total. The second-order valence-electron chi connectivity index (χ2n) is 8.66. The number of nitrogens with zero attached hydrogens (tertiary/aromatic N) is 6. The van der Waals surface area contributed by atoms with Crippen molar-refractivity contribution in [3.63, 3.8) is 0 Å². The Balaban J connectivity index is 1.33. The molecule has 5 rings (SSSR count). The van der Waals surface area contributed by atoms with E-state index < -0.39 is 4.92 Å². The maximum absolute atomic E-state index is 11.0. The van der Waals surface area contributed by atoms with Crippen molar-refractivity contribution in [1.29, 1.82) is 0 Å². The van der Waals surface area contributed by atoms with Crippen molar-refractivity contribution in [2.75, 3.05) is 38.2 Å². The molecule has 1 saturated heterocycles. The summed E-state index contributed by atoms with van der Waals surface area (Å²) in [6.07, 6.45) is 4.55. The fourth-order valence-electron chi connectivity index (χ4n) is 4.24. The number of nitro groups is 1. The number of non-ortho nitro benzene ring substituents is 1. The molecule has 0 bridgehead atoms. The van der Waals surface area contributed by atoms with Crippen LogP contribution >= 0.6 is 0 Å². The van der Waals surface area contributed by atoms with Crippen LogP contribution in [0.25, 0.3) is 22.5 Å². The van der Waals surface area contributed by atoms with Crippen LogP contribution in [0.15, 0.2) is 67.0 Å². The molecular weight excluding hydrogens is 458 g/mol. The summed E-state index contributed by atoms with van der Waals surface area (Å²) in [5, 5.41) is 18.9. The first kappa shape index (κ1) is 23.6. The van der Waals surface area contributed by atoms with Crippen LogP contribution in [0.2, 0.25) is 0 Å². The first-order valence-electron chi connectivity index (χ1n) is 11.8. The normalized spacial score (nSPS) is 14.0.